The molecule has 0 spiro atoms. The summed E-state index contributed by atoms with van der Waals surface area (Å²) >= 11 is 0. The van der Waals surface area contributed by atoms with Crippen LogP contribution in [0.5, 0.6) is 0 Å². The lowest BCUT2D eigenvalue weighted by Crippen LogP contribution is -2.57. The maximum Gasteiger partial charge on any atom is 0.326 e. The lowest BCUT2D eigenvalue weighted by Gasteiger charge is -2.32. The first-order valence-corrected chi connectivity index (χ1v) is 12.8. The quantitative estimate of drug-likeness (QED) is 0.470. The fraction of sp³-hybridized carbons (Fsp3) is 0.429. The number of nitrogens with two attached hydrogens (primary N) is 1. The molecule has 4 rings (SSSR count). The van der Waals surface area contributed by atoms with E-state index in [-0.39, 0.29) is 18.2 Å². The molecular formula is C28H34N4O5. The van der Waals surface area contributed by atoms with Crippen molar-refractivity contribution in [3.63, 3.8) is 0 Å². The van der Waals surface area contributed by atoms with Gasteiger partial charge in [-0.1, -0.05) is 60.7 Å². The maximum absolute atomic E-state index is 13.8. The first-order valence-electron chi connectivity index (χ1n) is 12.8. The van der Waals surface area contributed by atoms with Crippen molar-refractivity contribution < 1.29 is 24.3 Å². The Morgan fingerprint density at radius 3 is 1.97 bits per heavy atom. The standard InChI is InChI=1S/C28H34N4O5/c29-21(17-19-9-3-1-4-10-19)25(33)30-22(18-20-11-5-2-6-12-20)26(34)31-15-7-13-23(31)27(35)32-16-8-14-24(32)28(36)37/h1-6,9-12,21-24H,7-8,13-18,29H2,(H,30,33)(H,36,37). The van der Waals surface area contributed by atoms with Gasteiger partial charge in [0, 0.05) is 19.5 Å². The number of benzene rings is 2. The van der Waals surface area contributed by atoms with Crippen molar-refractivity contribution in [3.05, 3.63) is 71.8 Å². The molecule has 9 heteroatoms. The molecule has 37 heavy (non-hydrogen) atoms. The normalized spacial score (nSPS) is 20.9. The van der Waals surface area contributed by atoms with Gasteiger partial charge in [0.25, 0.3) is 0 Å². The SMILES string of the molecule is NC(Cc1ccccc1)C(=O)NC(Cc1ccccc1)C(=O)N1CCCC1C(=O)N1CCCC1C(=O)O. The molecule has 3 amide bonds. The van der Waals surface area contributed by atoms with E-state index < -0.39 is 36.0 Å². The maximum atomic E-state index is 13.8. The number of carbonyl (C=O) groups excluding carboxylic acids is 3. The number of rotatable bonds is 9. The Labute approximate surface area is 216 Å². The number of amides is 3. The Morgan fingerprint density at radius 1 is 0.838 bits per heavy atom. The van der Waals surface area contributed by atoms with Gasteiger partial charge in [-0.05, 0) is 43.2 Å². The highest BCUT2D eigenvalue weighted by Crippen LogP contribution is 2.26. The fourth-order valence-corrected chi connectivity index (χ4v) is 5.26. The summed E-state index contributed by atoms with van der Waals surface area (Å²) in [5, 5.41) is 12.4. The Morgan fingerprint density at radius 2 is 1.38 bits per heavy atom. The van der Waals surface area contributed by atoms with Crippen LogP contribution in [0.4, 0.5) is 0 Å². The van der Waals surface area contributed by atoms with E-state index in [1.165, 1.54) is 9.80 Å². The Hall–Kier alpha value is -3.72. The van der Waals surface area contributed by atoms with Crippen LogP contribution in [0.15, 0.2) is 60.7 Å². The summed E-state index contributed by atoms with van der Waals surface area (Å²) in [6.45, 7) is 0.741. The van der Waals surface area contributed by atoms with E-state index in [0.717, 1.165) is 11.1 Å². The molecule has 0 saturated carbocycles. The van der Waals surface area contributed by atoms with Crippen LogP contribution in [0.1, 0.15) is 36.8 Å². The van der Waals surface area contributed by atoms with Gasteiger partial charge in [-0.25, -0.2) is 4.79 Å². The molecule has 0 radical (unpaired) electrons. The predicted molar refractivity (Wildman–Crippen MR) is 137 cm³/mol. The highest BCUT2D eigenvalue weighted by molar-refractivity contribution is 5.95. The summed E-state index contributed by atoms with van der Waals surface area (Å²) in [6.07, 6.45) is 2.71. The van der Waals surface area contributed by atoms with Gasteiger partial charge in [0.15, 0.2) is 0 Å². The Kier molecular flexibility index (Phi) is 8.55. The smallest absolute Gasteiger partial charge is 0.326 e. The molecule has 2 heterocycles. The van der Waals surface area contributed by atoms with Crippen molar-refractivity contribution in [2.45, 2.75) is 62.7 Å². The van der Waals surface area contributed by atoms with Crippen molar-refractivity contribution in [2.24, 2.45) is 5.73 Å². The van der Waals surface area contributed by atoms with Crippen LogP contribution in [0.3, 0.4) is 0 Å². The zero-order chi connectivity index (χ0) is 26.4. The van der Waals surface area contributed by atoms with Crippen molar-refractivity contribution in [1.82, 2.24) is 15.1 Å². The monoisotopic (exact) mass is 506 g/mol. The molecule has 2 fully saturated rings. The van der Waals surface area contributed by atoms with Crippen molar-refractivity contribution in [2.75, 3.05) is 13.1 Å². The number of hydrogen-bond donors (Lipinski definition) is 3. The lowest BCUT2D eigenvalue weighted by molar-refractivity contribution is -0.152. The second-order valence-electron chi connectivity index (χ2n) is 9.76. The van der Waals surface area contributed by atoms with Gasteiger partial charge in [0.2, 0.25) is 17.7 Å². The number of aliphatic carboxylic acids is 1. The number of likely N-dealkylation sites (tertiary alicyclic amines) is 2. The van der Waals surface area contributed by atoms with Crippen molar-refractivity contribution >= 4 is 23.7 Å². The van der Waals surface area contributed by atoms with E-state index in [2.05, 4.69) is 5.32 Å². The van der Waals surface area contributed by atoms with E-state index in [1.807, 2.05) is 60.7 Å². The third kappa shape index (κ3) is 6.35. The number of nitrogens with one attached hydrogen (secondary N) is 1. The minimum Gasteiger partial charge on any atom is -0.480 e. The van der Waals surface area contributed by atoms with Crippen LogP contribution in [-0.4, -0.2) is 75.9 Å². The summed E-state index contributed by atoms with van der Waals surface area (Å²) in [7, 11) is 0. The van der Waals surface area contributed by atoms with Crippen molar-refractivity contribution in [1.29, 1.82) is 0 Å². The van der Waals surface area contributed by atoms with E-state index in [0.29, 0.717) is 45.2 Å². The molecule has 2 aliphatic heterocycles. The highest BCUT2D eigenvalue weighted by atomic mass is 16.4. The minimum absolute atomic E-state index is 0.252. The van der Waals surface area contributed by atoms with Gasteiger partial charge in [-0.2, -0.15) is 0 Å². The van der Waals surface area contributed by atoms with Crippen LogP contribution in [0.25, 0.3) is 0 Å². The molecule has 0 bridgehead atoms. The first kappa shape index (κ1) is 26.3. The van der Waals surface area contributed by atoms with E-state index in [4.69, 9.17) is 5.73 Å². The Bertz CT molecular complexity index is 1110. The number of hydrogen-bond acceptors (Lipinski definition) is 5. The molecule has 2 aromatic carbocycles. The minimum atomic E-state index is -1.02. The topological polar surface area (TPSA) is 133 Å². The largest absolute Gasteiger partial charge is 0.480 e. The van der Waals surface area contributed by atoms with Gasteiger partial charge in [-0.15, -0.1) is 0 Å². The fourth-order valence-electron chi connectivity index (χ4n) is 5.26. The van der Waals surface area contributed by atoms with Gasteiger partial charge in [0.1, 0.15) is 18.1 Å². The van der Waals surface area contributed by atoms with Gasteiger partial charge < -0.3 is 26.0 Å². The summed E-state index contributed by atoms with van der Waals surface area (Å²) in [6, 6.07) is 15.4. The molecule has 4 atom stereocenters. The third-order valence-corrected chi connectivity index (χ3v) is 7.17. The van der Waals surface area contributed by atoms with Gasteiger partial charge >= 0.3 is 5.97 Å². The second kappa shape index (κ2) is 12.0. The number of nitrogens with zero attached hydrogens (tertiary/aromatic N) is 2. The summed E-state index contributed by atoms with van der Waals surface area (Å²) in [5.41, 5.74) is 7.98. The highest BCUT2D eigenvalue weighted by Gasteiger charge is 2.43. The summed E-state index contributed by atoms with van der Waals surface area (Å²) in [4.78, 5) is 54.7. The first-order chi connectivity index (χ1) is 17.8. The number of carboxylic acids is 1. The van der Waals surface area contributed by atoms with Crippen LogP contribution < -0.4 is 11.1 Å². The predicted octanol–water partition coefficient (Wildman–Crippen LogP) is 1.35. The van der Waals surface area contributed by atoms with Crippen LogP contribution in [0, 0.1) is 0 Å². The lowest BCUT2D eigenvalue weighted by atomic mass is 10.0. The molecular weight excluding hydrogens is 472 g/mol. The van der Waals surface area contributed by atoms with Crippen molar-refractivity contribution in [3.8, 4) is 0 Å². The van der Waals surface area contributed by atoms with E-state index in [1.54, 1.807) is 0 Å². The number of carbonyl (C=O) groups is 4. The molecule has 4 unspecified atom stereocenters. The second-order valence-corrected chi connectivity index (χ2v) is 9.76. The molecule has 196 valence electrons. The average molecular weight is 507 g/mol. The third-order valence-electron chi connectivity index (χ3n) is 7.17. The van der Waals surface area contributed by atoms with Gasteiger partial charge in [-0.3, -0.25) is 14.4 Å². The molecule has 0 aromatic heterocycles. The van der Waals surface area contributed by atoms with Crippen LogP contribution in [-0.2, 0) is 32.0 Å². The van der Waals surface area contributed by atoms with Crippen LogP contribution >= 0.6 is 0 Å². The average Bonchev–Trinajstić information content (AvgIpc) is 3.59. The van der Waals surface area contributed by atoms with Crippen LogP contribution in [0.2, 0.25) is 0 Å². The number of carboxylic acid groups (broad SMARTS) is 1. The van der Waals surface area contributed by atoms with E-state index in [9.17, 15) is 24.3 Å². The zero-order valence-electron chi connectivity index (χ0n) is 20.8. The molecule has 4 N–H and O–H groups in total. The summed E-state index contributed by atoms with van der Waals surface area (Å²) < 4.78 is 0. The summed E-state index contributed by atoms with van der Waals surface area (Å²) in [5.74, 6) is -2.15. The molecule has 2 aromatic rings. The molecule has 2 aliphatic rings. The van der Waals surface area contributed by atoms with E-state index >= 15 is 0 Å². The zero-order valence-corrected chi connectivity index (χ0v) is 20.8. The Balaban J connectivity index is 1.50. The molecule has 9 nitrogen and oxygen atoms in total. The van der Waals surface area contributed by atoms with Gasteiger partial charge in [0.05, 0.1) is 6.04 Å². The molecule has 0 aliphatic carbocycles. The molecule has 2 saturated heterocycles.